The van der Waals surface area contributed by atoms with Gasteiger partial charge in [0.25, 0.3) is 0 Å². The number of nitriles is 1. The van der Waals surface area contributed by atoms with Crippen molar-refractivity contribution >= 4 is 17.3 Å². The fourth-order valence-electron chi connectivity index (χ4n) is 3.07. The third-order valence-electron chi connectivity index (χ3n) is 4.36. The minimum atomic E-state index is -0.473. The Kier molecular flexibility index (Phi) is 5.34. The number of hydrogen-bond donors (Lipinski definition) is 1. The SMILES string of the molecule is N#Cc1cc(CN(CC2CCNC2)c2ccc(Cl)cc2)ccc1F. The number of benzene rings is 2. The average molecular weight is 344 g/mol. The van der Waals surface area contributed by atoms with E-state index in [1.165, 1.54) is 6.07 Å². The van der Waals surface area contributed by atoms with E-state index in [1.807, 2.05) is 30.3 Å². The van der Waals surface area contributed by atoms with Gasteiger partial charge < -0.3 is 10.2 Å². The Morgan fingerprint density at radius 2 is 2.04 bits per heavy atom. The van der Waals surface area contributed by atoms with Crippen LogP contribution < -0.4 is 10.2 Å². The number of rotatable bonds is 5. The van der Waals surface area contributed by atoms with Crippen molar-refractivity contribution in [1.82, 2.24) is 5.32 Å². The molecule has 1 aliphatic rings. The molecule has 1 atom stereocenters. The third kappa shape index (κ3) is 4.05. The molecule has 2 aromatic carbocycles. The van der Waals surface area contributed by atoms with Gasteiger partial charge in [-0.25, -0.2) is 4.39 Å². The number of nitrogens with zero attached hydrogens (tertiary/aromatic N) is 2. The molecule has 1 saturated heterocycles. The molecule has 0 spiro atoms. The van der Waals surface area contributed by atoms with Crippen molar-refractivity contribution in [1.29, 1.82) is 5.26 Å². The van der Waals surface area contributed by atoms with Crippen molar-refractivity contribution in [2.45, 2.75) is 13.0 Å². The largest absolute Gasteiger partial charge is 0.367 e. The van der Waals surface area contributed by atoms with Gasteiger partial charge in [0, 0.05) is 23.8 Å². The number of halogens is 2. The first-order chi connectivity index (χ1) is 11.7. The van der Waals surface area contributed by atoms with Crippen LogP contribution in [0.4, 0.5) is 10.1 Å². The van der Waals surface area contributed by atoms with Gasteiger partial charge in [0.05, 0.1) is 5.56 Å². The summed E-state index contributed by atoms with van der Waals surface area (Å²) in [5.41, 5.74) is 2.09. The minimum absolute atomic E-state index is 0.0890. The molecule has 0 aliphatic carbocycles. The molecule has 1 unspecified atom stereocenters. The van der Waals surface area contributed by atoms with E-state index in [-0.39, 0.29) is 5.56 Å². The van der Waals surface area contributed by atoms with Gasteiger partial charge in [-0.3, -0.25) is 0 Å². The van der Waals surface area contributed by atoms with Gasteiger partial charge in [-0.2, -0.15) is 5.26 Å². The van der Waals surface area contributed by atoms with Crippen LogP contribution in [0.1, 0.15) is 17.5 Å². The van der Waals surface area contributed by atoms with E-state index in [0.717, 1.165) is 37.3 Å². The molecular weight excluding hydrogens is 325 g/mol. The Balaban J connectivity index is 1.83. The van der Waals surface area contributed by atoms with Crippen LogP contribution in [0.5, 0.6) is 0 Å². The zero-order chi connectivity index (χ0) is 16.9. The van der Waals surface area contributed by atoms with Crippen LogP contribution in [0.3, 0.4) is 0 Å². The molecule has 1 aliphatic heterocycles. The molecule has 124 valence electrons. The highest BCUT2D eigenvalue weighted by atomic mass is 35.5. The van der Waals surface area contributed by atoms with Gasteiger partial charge in [0.1, 0.15) is 11.9 Å². The van der Waals surface area contributed by atoms with E-state index >= 15 is 0 Å². The van der Waals surface area contributed by atoms with Crippen LogP contribution in [-0.2, 0) is 6.54 Å². The molecule has 3 rings (SSSR count). The van der Waals surface area contributed by atoms with Crippen LogP contribution >= 0.6 is 11.6 Å². The highest BCUT2D eigenvalue weighted by Crippen LogP contribution is 2.23. The topological polar surface area (TPSA) is 39.1 Å². The molecule has 5 heteroatoms. The van der Waals surface area contributed by atoms with E-state index in [4.69, 9.17) is 16.9 Å². The van der Waals surface area contributed by atoms with Gasteiger partial charge in [-0.05, 0) is 67.4 Å². The molecule has 0 aromatic heterocycles. The summed E-state index contributed by atoms with van der Waals surface area (Å²) in [4.78, 5) is 2.27. The molecule has 1 fully saturated rings. The second kappa shape index (κ2) is 7.65. The van der Waals surface area contributed by atoms with E-state index in [1.54, 1.807) is 12.1 Å². The molecule has 0 saturated carbocycles. The number of hydrogen-bond acceptors (Lipinski definition) is 3. The van der Waals surface area contributed by atoms with E-state index in [2.05, 4.69) is 10.2 Å². The molecule has 2 aromatic rings. The van der Waals surface area contributed by atoms with Gasteiger partial charge in [-0.1, -0.05) is 17.7 Å². The molecular formula is C19H19ClFN3. The summed E-state index contributed by atoms with van der Waals surface area (Å²) in [6.45, 7) is 3.60. The summed E-state index contributed by atoms with van der Waals surface area (Å²) in [5.74, 6) is 0.107. The first-order valence-corrected chi connectivity index (χ1v) is 8.43. The normalized spacial score (nSPS) is 16.8. The van der Waals surface area contributed by atoms with E-state index in [0.29, 0.717) is 17.5 Å². The standard InChI is InChI=1S/C19H19ClFN3/c20-17-2-4-18(5-3-17)24(13-15-7-8-23-11-15)12-14-1-6-19(21)16(9-14)10-22/h1-6,9,15,23H,7-8,11-13H2. The van der Waals surface area contributed by atoms with Crippen molar-refractivity contribution in [3.8, 4) is 6.07 Å². The summed E-state index contributed by atoms with van der Waals surface area (Å²) >= 11 is 6.00. The van der Waals surface area contributed by atoms with Crippen LogP contribution in [0, 0.1) is 23.1 Å². The van der Waals surface area contributed by atoms with Gasteiger partial charge in [0.2, 0.25) is 0 Å². The van der Waals surface area contributed by atoms with Crippen LogP contribution in [0.25, 0.3) is 0 Å². The molecule has 3 nitrogen and oxygen atoms in total. The van der Waals surface area contributed by atoms with Gasteiger partial charge >= 0.3 is 0 Å². The fraction of sp³-hybridized carbons (Fsp3) is 0.316. The maximum atomic E-state index is 13.5. The van der Waals surface area contributed by atoms with E-state index in [9.17, 15) is 4.39 Å². The second-order valence-electron chi connectivity index (χ2n) is 6.14. The maximum absolute atomic E-state index is 13.5. The lowest BCUT2D eigenvalue weighted by atomic mass is 10.1. The van der Waals surface area contributed by atoms with Crippen molar-refractivity contribution < 1.29 is 4.39 Å². The number of nitrogens with one attached hydrogen (secondary N) is 1. The highest BCUT2D eigenvalue weighted by Gasteiger charge is 2.19. The minimum Gasteiger partial charge on any atom is -0.367 e. The predicted octanol–water partition coefficient (Wildman–Crippen LogP) is 3.97. The van der Waals surface area contributed by atoms with Crippen molar-refractivity contribution in [3.63, 3.8) is 0 Å². The Morgan fingerprint density at radius 3 is 2.71 bits per heavy atom. The fourth-order valence-corrected chi connectivity index (χ4v) is 3.20. The summed E-state index contributed by atoms with van der Waals surface area (Å²) in [5, 5.41) is 13.1. The lowest BCUT2D eigenvalue weighted by Gasteiger charge is -2.28. The lowest BCUT2D eigenvalue weighted by molar-refractivity contribution is 0.557. The first kappa shape index (κ1) is 16.8. The molecule has 1 heterocycles. The van der Waals surface area contributed by atoms with Crippen LogP contribution in [-0.4, -0.2) is 19.6 Å². The molecule has 0 amide bonds. The smallest absolute Gasteiger partial charge is 0.140 e. The van der Waals surface area contributed by atoms with Crippen molar-refractivity contribution in [2.75, 3.05) is 24.5 Å². The van der Waals surface area contributed by atoms with Crippen molar-refractivity contribution in [3.05, 3.63) is 64.4 Å². The first-order valence-electron chi connectivity index (χ1n) is 8.05. The molecule has 1 N–H and O–H groups in total. The molecule has 0 radical (unpaired) electrons. The summed E-state index contributed by atoms with van der Waals surface area (Å²) in [6, 6.07) is 14.4. The zero-order valence-corrected chi connectivity index (χ0v) is 14.1. The lowest BCUT2D eigenvalue weighted by Crippen LogP contribution is -2.30. The van der Waals surface area contributed by atoms with Crippen molar-refractivity contribution in [2.24, 2.45) is 5.92 Å². The summed E-state index contributed by atoms with van der Waals surface area (Å²) in [6.07, 6.45) is 1.15. The third-order valence-corrected chi connectivity index (χ3v) is 4.61. The number of anilines is 1. The Hall–Kier alpha value is -2.09. The monoisotopic (exact) mass is 343 g/mol. The Bertz CT molecular complexity index is 733. The quantitative estimate of drug-likeness (QED) is 0.893. The summed E-state index contributed by atoms with van der Waals surface area (Å²) < 4.78 is 13.5. The molecule has 24 heavy (non-hydrogen) atoms. The highest BCUT2D eigenvalue weighted by molar-refractivity contribution is 6.30. The predicted molar refractivity (Wildman–Crippen MR) is 94.6 cm³/mol. The average Bonchev–Trinajstić information content (AvgIpc) is 3.10. The maximum Gasteiger partial charge on any atom is 0.140 e. The zero-order valence-electron chi connectivity index (χ0n) is 13.3. The summed E-state index contributed by atoms with van der Waals surface area (Å²) in [7, 11) is 0. The van der Waals surface area contributed by atoms with E-state index < -0.39 is 5.82 Å². The Morgan fingerprint density at radius 1 is 1.25 bits per heavy atom. The van der Waals surface area contributed by atoms with Gasteiger partial charge in [0.15, 0.2) is 0 Å². The van der Waals surface area contributed by atoms with Crippen LogP contribution in [0.2, 0.25) is 5.02 Å². The van der Waals surface area contributed by atoms with Crippen LogP contribution in [0.15, 0.2) is 42.5 Å². The molecule has 0 bridgehead atoms. The van der Waals surface area contributed by atoms with Gasteiger partial charge in [-0.15, -0.1) is 0 Å². The second-order valence-corrected chi connectivity index (χ2v) is 6.58. The Labute approximate surface area is 146 Å².